The molecule has 2 N–H and O–H groups in total. The third-order valence-electron chi connectivity index (χ3n) is 3.66. The van der Waals surface area contributed by atoms with Crippen molar-refractivity contribution in [3.63, 3.8) is 0 Å². The number of halogens is 6. The van der Waals surface area contributed by atoms with Gasteiger partial charge in [0.25, 0.3) is 0 Å². The number of ether oxygens (including phenoxy) is 2. The quantitative estimate of drug-likeness (QED) is 0.577. The fraction of sp³-hybridized carbons (Fsp3) is 0.278. The van der Waals surface area contributed by atoms with Crippen molar-refractivity contribution in [2.45, 2.75) is 19.3 Å². The van der Waals surface area contributed by atoms with Gasteiger partial charge < -0.3 is 14.8 Å². The van der Waals surface area contributed by atoms with Gasteiger partial charge in [0, 0.05) is 0 Å². The van der Waals surface area contributed by atoms with Crippen LogP contribution in [0.25, 0.3) is 0 Å². The maximum atomic E-state index is 13.0. The number of alkyl halides is 6. The number of carbonyl (C=O) groups is 1. The first-order valence-corrected chi connectivity index (χ1v) is 8.13. The number of carbonyl (C=O) groups excluding carboxylic acids is 1. The summed E-state index contributed by atoms with van der Waals surface area (Å²) in [4.78, 5) is 11.7. The standard InChI is InChI=1S/C18H16F6N2O3/c1-3-29-16(27)26-13-8-10(17(19,20)21)4-6-12(13)25-14-9-11(18(22,23)24)5-7-15(14)28-2/h4-9,25H,3H2,1-2H3,(H,26,27). The van der Waals surface area contributed by atoms with Crippen LogP contribution in [0.3, 0.4) is 0 Å². The van der Waals surface area contributed by atoms with E-state index in [0.29, 0.717) is 6.07 Å². The monoisotopic (exact) mass is 422 g/mol. The number of benzene rings is 2. The molecular weight excluding hydrogens is 406 g/mol. The van der Waals surface area contributed by atoms with E-state index in [1.54, 1.807) is 0 Å². The molecule has 158 valence electrons. The largest absolute Gasteiger partial charge is 0.495 e. The number of hydrogen-bond donors (Lipinski definition) is 2. The molecule has 29 heavy (non-hydrogen) atoms. The van der Waals surface area contributed by atoms with Crippen molar-refractivity contribution in [1.29, 1.82) is 0 Å². The van der Waals surface area contributed by atoms with E-state index >= 15 is 0 Å². The highest BCUT2D eigenvalue weighted by atomic mass is 19.4. The minimum Gasteiger partial charge on any atom is -0.495 e. The molecule has 0 aliphatic carbocycles. The lowest BCUT2D eigenvalue weighted by Gasteiger charge is -2.18. The van der Waals surface area contributed by atoms with Crippen molar-refractivity contribution in [2.24, 2.45) is 0 Å². The molecule has 0 aliphatic rings. The molecule has 0 unspecified atom stereocenters. The van der Waals surface area contributed by atoms with Crippen molar-refractivity contribution in [2.75, 3.05) is 24.4 Å². The zero-order valence-electron chi connectivity index (χ0n) is 15.2. The van der Waals surface area contributed by atoms with Crippen LogP contribution in [0.4, 0.5) is 48.2 Å². The molecule has 0 saturated heterocycles. The molecule has 0 aliphatic heterocycles. The summed E-state index contributed by atoms with van der Waals surface area (Å²) in [7, 11) is 1.22. The van der Waals surface area contributed by atoms with Crippen molar-refractivity contribution in [1.82, 2.24) is 0 Å². The van der Waals surface area contributed by atoms with E-state index in [1.165, 1.54) is 14.0 Å². The molecule has 11 heteroatoms. The van der Waals surface area contributed by atoms with Crippen molar-refractivity contribution in [3.05, 3.63) is 47.5 Å². The van der Waals surface area contributed by atoms with Gasteiger partial charge in [-0.25, -0.2) is 4.79 Å². The molecule has 0 radical (unpaired) electrons. The van der Waals surface area contributed by atoms with Crippen LogP contribution in [0.15, 0.2) is 36.4 Å². The lowest BCUT2D eigenvalue weighted by Crippen LogP contribution is -2.16. The van der Waals surface area contributed by atoms with Gasteiger partial charge in [-0.15, -0.1) is 0 Å². The minimum atomic E-state index is -4.70. The number of anilines is 3. The van der Waals surface area contributed by atoms with E-state index in [2.05, 4.69) is 15.4 Å². The van der Waals surface area contributed by atoms with Gasteiger partial charge in [-0.2, -0.15) is 26.3 Å². The summed E-state index contributed by atoms with van der Waals surface area (Å²) in [5, 5.41) is 4.71. The molecule has 0 saturated carbocycles. The minimum absolute atomic E-state index is 0.0139. The van der Waals surface area contributed by atoms with Gasteiger partial charge in [-0.1, -0.05) is 0 Å². The maximum absolute atomic E-state index is 13.0. The van der Waals surface area contributed by atoms with Crippen LogP contribution in [0.2, 0.25) is 0 Å². The first-order valence-electron chi connectivity index (χ1n) is 8.13. The highest BCUT2D eigenvalue weighted by Gasteiger charge is 2.32. The Balaban J connectivity index is 2.49. The molecule has 5 nitrogen and oxygen atoms in total. The summed E-state index contributed by atoms with van der Waals surface area (Å²) in [5.74, 6) is 0.0139. The molecule has 0 atom stereocenters. The van der Waals surface area contributed by atoms with E-state index in [-0.39, 0.29) is 29.4 Å². The lowest BCUT2D eigenvalue weighted by atomic mass is 10.1. The molecule has 2 aromatic rings. The average molecular weight is 422 g/mol. The first kappa shape index (κ1) is 22.2. The van der Waals surface area contributed by atoms with Crippen LogP contribution in [-0.2, 0) is 17.1 Å². The lowest BCUT2D eigenvalue weighted by molar-refractivity contribution is -0.138. The summed E-state index contributed by atoms with van der Waals surface area (Å²) in [5.41, 5.74) is -2.64. The van der Waals surface area contributed by atoms with Crippen molar-refractivity contribution < 1.29 is 40.6 Å². The summed E-state index contributed by atoms with van der Waals surface area (Å²) >= 11 is 0. The summed E-state index contributed by atoms with van der Waals surface area (Å²) in [6.45, 7) is 1.47. The number of rotatable bonds is 5. The topological polar surface area (TPSA) is 59.6 Å². The molecule has 0 heterocycles. The normalized spacial score (nSPS) is 11.7. The maximum Gasteiger partial charge on any atom is 0.416 e. The first-order chi connectivity index (χ1) is 13.5. The van der Waals surface area contributed by atoms with Crippen LogP contribution >= 0.6 is 0 Å². The van der Waals surface area contributed by atoms with E-state index in [0.717, 1.165) is 30.3 Å². The smallest absolute Gasteiger partial charge is 0.416 e. The number of methoxy groups -OCH3 is 1. The van der Waals surface area contributed by atoms with E-state index < -0.39 is 29.6 Å². The van der Waals surface area contributed by atoms with E-state index in [9.17, 15) is 31.1 Å². The van der Waals surface area contributed by atoms with Gasteiger partial charge in [-0.3, -0.25) is 5.32 Å². The third-order valence-corrected chi connectivity index (χ3v) is 3.66. The Labute approximate surface area is 161 Å². The second kappa shape index (κ2) is 8.50. The molecule has 0 aromatic heterocycles. The van der Waals surface area contributed by atoms with Crippen LogP contribution in [0, 0.1) is 0 Å². The highest BCUT2D eigenvalue weighted by Crippen LogP contribution is 2.39. The predicted octanol–water partition coefficient (Wildman–Crippen LogP) is 6.04. The van der Waals surface area contributed by atoms with E-state index in [4.69, 9.17) is 4.74 Å². The number of amides is 1. The molecular formula is C18H16F6N2O3. The van der Waals surface area contributed by atoms with Crippen LogP contribution in [0.1, 0.15) is 18.1 Å². The van der Waals surface area contributed by atoms with Gasteiger partial charge in [0.05, 0.1) is 41.9 Å². The van der Waals surface area contributed by atoms with Crippen LogP contribution in [0.5, 0.6) is 5.75 Å². The average Bonchev–Trinajstić information content (AvgIpc) is 2.61. The Hall–Kier alpha value is -3.11. The summed E-state index contributed by atoms with van der Waals surface area (Å²) < 4.78 is 87.7. The Morgan fingerprint density at radius 3 is 1.97 bits per heavy atom. The number of hydrogen-bond acceptors (Lipinski definition) is 4. The zero-order valence-corrected chi connectivity index (χ0v) is 15.2. The fourth-order valence-electron chi connectivity index (χ4n) is 2.34. The zero-order chi connectivity index (χ0) is 21.8. The Bertz CT molecular complexity index is 881. The van der Waals surface area contributed by atoms with Crippen LogP contribution < -0.4 is 15.4 Å². The molecule has 0 spiro atoms. The Morgan fingerprint density at radius 1 is 0.897 bits per heavy atom. The second-order valence-corrected chi connectivity index (χ2v) is 5.64. The van der Waals surface area contributed by atoms with Gasteiger partial charge >= 0.3 is 18.4 Å². The molecule has 2 aromatic carbocycles. The summed E-state index contributed by atoms with van der Waals surface area (Å²) in [6.07, 6.45) is -10.4. The molecule has 2 rings (SSSR count). The van der Waals surface area contributed by atoms with E-state index in [1.807, 2.05) is 0 Å². The Morgan fingerprint density at radius 2 is 1.45 bits per heavy atom. The van der Waals surface area contributed by atoms with Gasteiger partial charge in [0.2, 0.25) is 0 Å². The molecule has 1 amide bonds. The molecule has 0 fully saturated rings. The van der Waals surface area contributed by atoms with Gasteiger partial charge in [0.15, 0.2) is 0 Å². The third kappa shape index (κ3) is 5.69. The highest BCUT2D eigenvalue weighted by molar-refractivity contribution is 5.91. The Kier molecular flexibility index (Phi) is 6.50. The van der Waals surface area contributed by atoms with Gasteiger partial charge in [-0.05, 0) is 43.3 Å². The van der Waals surface area contributed by atoms with Crippen LogP contribution in [-0.4, -0.2) is 19.8 Å². The second-order valence-electron chi connectivity index (χ2n) is 5.64. The summed E-state index contributed by atoms with van der Waals surface area (Å²) in [6, 6.07) is 4.94. The fourth-order valence-corrected chi connectivity index (χ4v) is 2.34. The number of nitrogens with one attached hydrogen (secondary N) is 2. The molecule has 0 bridgehead atoms. The van der Waals surface area contributed by atoms with Gasteiger partial charge in [0.1, 0.15) is 5.75 Å². The predicted molar refractivity (Wildman–Crippen MR) is 93.4 cm³/mol. The van der Waals surface area contributed by atoms with Crippen molar-refractivity contribution >= 4 is 23.2 Å². The SMILES string of the molecule is CCOC(=O)Nc1cc(C(F)(F)F)ccc1Nc1cc(C(F)(F)F)ccc1OC. The van der Waals surface area contributed by atoms with Crippen molar-refractivity contribution in [3.8, 4) is 5.75 Å².